The second kappa shape index (κ2) is 6.68. The number of anilines is 1. The molecule has 1 aromatic carbocycles. The van der Waals surface area contributed by atoms with Gasteiger partial charge in [-0.15, -0.1) is 0 Å². The molecule has 0 fully saturated rings. The summed E-state index contributed by atoms with van der Waals surface area (Å²) in [6.45, 7) is 7.08. The number of amidine groups is 1. The van der Waals surface area contributed by atoms with Crippen LogP contribution in [0.4, 0.5) is 5.69 Å². The van der Waals surface area contributed by atoms with Gasteiger partial charge < -0.3 is 4.90 Å². The first-order valence-electron chi connectivity index (χ1n) is 5.83. The molecule has 0 radical (unpaired) electrons. The van der Waals surface area contributed by atoms with Gasteiger partial charge in [0, 0.05) is 20.0 Å². The average Bonchev–Trinajstić information content (AvgIpc) is 2.35. The van der Waals surface area contributed by atoms with Crippen LogP contribution in [-0.2, 0) is 4.79 Å². The lowest BCUT2D eigenvalue weighted by Crippen LogP contribution is -2.36. The van der Waals surface area contributed by atoms with Gasteiger partial charge in [0.15, 0.2) is 11.6 Å². The maximum Gasteiger partial charge on any atom is 0.196 e. The molecule has 0 aliphatic heterocycles. The molecule has 92 valence electrons. The molecule has 0 aromatic heterocycles. The second-order valence-corrected chi connectivity index (χ2v) is 3.64. The molecule has 0 saturated heterocycles. The van der Waals surface area contributed by atoms with E-state index in [1.54, 1.807) is 0 Å². The quantitative estimate of drug-likeness (QED) is 0.482. The summed E-state index contributed by atoms with van der Waals surface area (Å²) in [6, 6.07) is 9.59. The van der Waals surface area contributed by atoms with E-state index in [2.05, 4.69) is 10.5 Å². The van der Waals surface area contributed by atoms with Gasteiger partial charge in [-0.05, 0) is 26.0 Å². The van der Waals surface area contributed by atoms with E-state index >= 15 is 0 Å². The van der Waals surface area contributed by atoms with Crippen molar-refractivity contribution in [3.05, 3.63) is 30.3 Å². The lowest BCUT2D eigenvalue weighted by molar-refractivity contribution is -0.111. The zero-order valence-electron chi connectivity index (χ0n) is 10.6. The van der Waals surface area contributed by atoms with E-state index in [1.165, 1.54) is 6.92 Å². The number of ketones is 1. The summed E-state index contributed by atoms with van der Waals surface area (Å²) in [5.41, 5.74) is 3.77. The first kappa shape index (κ1) is 13.2. The topological polar surface area (TPSA) is 44.7 Å². The third-order valence-corrected chi connectivity index (χ3v) is 2.44. The van der Waals surface area contributed by atoms with Crippen LogP contribution in [0.2, 0.25) is 0 Å². The monoisotopic (exact) mass is 233 g/mol. The van der Waals surface area contributed by atoms with E-state index in [4.69, 9.17) is 0 Å². The second-order valence-electron chi connectivity index (χ2n) is 3.64. The van der Waals surface area contributed by atoms with Crippen molar-refractivity contribution in [1.82, 2.24) is 4.90 Å². The van der Waals surface area contributed by atoms with Crippen LogP contribution in [0.1, 0.15) is 20.8 Å². The summed E-state index contributed by atoms with van der Waals surface area (Å²) in [5.74, 6) is 0.441. The lowest BCUT2D eigenvalue weighted by Gasteiger charge is -2.20. The molecule has 4 nitrogen and oxygen atoms in total. The van der Waals surface area contributed by atoms with Crippen LogP contribution in [0.3, 0.4) is 0 Å². The van der Waals surface area contributed by atoms with Crippen LogP contribution < -0.4 is 5.43 Å². The highest BCUT2D eigenvalue weighted by Crippen LogP contribution is 2.05. The third kappa shape index (κ3) is 3.90. The van der Waals surface area contributed by atoms with Gasteiger partial charge in [-0.1, -0.05) is 18.2 Å². The Labute approximate surface area is 102 Å². The predicted molar refractivity (Wildman–Crippen MR) is 71.1 cm³/mol. The number of likely N-dealkylation sites (N-methyl/N-ethyl adjacent to an activating group) is 1. The maximum absolute atomic E-state index is 11.5. The van der Waals surface area contributed by atoms with Crippen LogP contribution in [-0.4, -0.2) is 29.6 Å². The standard InChI is InChI=1S/C13H19N3O/c1-4-16(5-2)13(11(3)17)15-14-12-9-7-6-8-10-12/h6-10,14H,4-5H2,1-3H3/b15-13+. The maximum atomic E-state index is 11.5. The van der Waals surface area contributed by atoms with Crippen molar-refractivity contribution in [2.75, 3.05) is 18.5 Å². The van der Waals surface area contributed by atoms with Crippen LogP contribution >= 0.6 is 0 Å². The number of hydrazone groups is 1. The summed E-state index contributed by atoms with van der Waals surface area (Å²) < 4.78 is 0. The Morgan fingerprint density at radius 1 is 1.24 bits per heavy atom. The normalized spacial score (nSPS) is 11.1. The Kier molecular flexibility index (Phi) is 5.20. The molecule has 0 unspecified atom stereocenters. The van der Waals surface area contributed by atoms with Gasteiger partial charge in [-0.2, -0.15) is 5.10 Å². The Morgan fingerprint density at radius 3 is 2.29 bits per heavy atom. The van der Waals surface area contributed by atoms with Gasteiger partial charge in [-0.3, -0.25) is 10.2 Å². The zero-order valence-corrected chi connectivity index (χ0v) is 10.6. The molecule has 0 saturated carbocycles. The number of nitrogens with zero attached hydrogens (tertiary/aromatic N) is 2. The number of nitrogens with one attached hydrogen (secondary N) is 1. The van der Waals surface area contributed by atoms with Crippen molar-refractivity contribution in [3.8, 4) is 0 Å². The molecular weight excluding hydrogens is 214 g/mol. The highest BCUT2D eigenvalue weighted by atomic mass is 16.1. The molecule has 0 spiro atoms. The number of hydrogen-bond acceptors (Lipinski definition) is 3. The van der Waals surface area contributed by atoms with Crippen molar-refractivity contribution < 1.29 is 4.79 Å². The predicted octanol–water partition coefficient (Wildman–Crippen LogP) is 2.34. The molecule has 0 atom stereocenters. The SMILES string of the molecule is CCN(CC)/C(=N/Nc1ccccc1)C(C)=O. The van der Waals surface area contributed by atoms with Crippen LogP contribution in [0.5, 0.6) is 0 Å². The van der Waals surface area contributed by atoms with Crippen LogP contribution in [0.15, 0.2) is 35.4 Å². The Morgan fingerprint density at radius 2 is 1.82 bits per heavy atom. The van der Waals surface area contributed by atoms with Crippen molar-refractivity contribution in [3.63, 3.8) is 0 Å². The summed E-state index contributed by atoms with van der Waals surface area (Å²) in [6.07, 6.45) is 0. The van der Waals surface area contributed by atoms with E-state index in [-0.39, 0.29) is 5.78 Å². The first-order chi connectivity index (χ1) is 8.19. The third-order valence-electron chi connectivity index (χ3n) is 2.44. The van der Waals surface area contributed by atoms with E-state index in [0.717, 1.165) is 18.8 Å². The average molecular weight is 233 g/mol. The molecule has 1 aromatic rings. The fourth-order valence-electron chi connectivity index (χ4n) is 1.53. The summed E-state index contributed by atoms with van der Waals surface area (Å²) in [7, 11) is 0. The number of Topliss-reactive ketones (excluding diaryl/α,β-unsaturated/α-hetero) is 1. The molecule has 0 bridgehead atoms. The Hall–Kier alpha value is -1.84. The van der Waals surface area contributed by atoms with Crippen molar-refractivity contribution in [2.24, 2.45) is 5.10 Å². The van der Waals surface area contributed by atoms with E-state index < -0.39 is 0 Å². The minimum absolute atomic E-state index is 0.0304. The van der Waals surface area contributed by atoms with Crippen LogP contribution in [0.25, 0.3) is 0 Å². The zero-order chi connectivity index (χ0) is 12.7. The number of carbonyl (C=O) groups is 1. The van der Waals surface area contributed by atoms with Gasteiger partial charge in [0.1, 0.15) is 0 Å². The molecule has 0 aliphatic carbocycles. The number of benzene rings is 1. The molecule has 17 heavy (non-hydrogen) atoms. The van der Waals surface area contributed by atoms with E-state index in [0.29, 0.717) is 5.84 Å². The summed E-state index contributed by atoms with van der Waals surface area (Å²) >= 11 is 0. The van der Waals surface area contributed by atoms with Gasteiger partial charge in [0.05, 0.1) is 5.69 Å². The van der Waals surface area contributed by atoms with Gasteiger partial charge >= 0.3 is 0 Å². The molecule has 0 heterocycles. The molecule has 1 rings (SSSR count). The first-order valence-corrected chi connectivity index (χ1v) is 5.83. The number of rotatable bonds is 5. The van der Waals surface area contributed by atoms with Crippen LogP contribution in [0, 0.1) is 0 Å². The van der Waals surface area contributed by atoms with Gasteiger partial charge in [0.25, 0.3) is 0 Å². The largest absolute Gasteiger partial charge is 0.353 e. The lowest BCUT2D eigenvalue weighted by atomic mass is 10.3. The smallest absolute Gasteiger partial charge is 0.196 e. The Balaban J connectivity index is 2.81. The summed E-state index contributed by atoms with van der Waals surface area (Å²) in [5, 5.41) is 4.18. The molecule has 4 heteroatoms. The highest BCUT2D eigenvalue weighted by molar-refractivity contribution is 6.37. The van der Waals surface area contributed by atoms with E-state index in [9.17, 15) is 4.79 Å². The number of hydrogen-bond donors (Lipinski definition) is 1. The fourth-order valence-corrected chi connectivity index (χ4v) is 1.53. The Bertz CT molecular complexity index is 383. The number of para-hydroxylation sites is 1. The molecule has 0 aliphatic rings. The highest BCUT2D eigenvalue weighted by Gasteiger charge is 2.12. The minimum atomic E-state index is -0.0304. The van der Waals surface area contributed by atoms with Crippen molar-refractivity contribution in [1.29, 1.82) is 0 Å². The van der Waals surface area contributed by atoms with Gasteiger partial charge in [0.2, 0.25) is 0 Å². The van der Waals surface area contributed by atoms with E-state index in [1.807, 2.05) is 49.1 Å². The molecule has 0 amide bonds. The molecule has 1 N–H and O–H groups in total. The number of carbonyl (C=O) groups excluding carboxylic acids is 1. The minimum Gasteiger partial charge on any atom is -0.353 e. The van der Waals surface area contributed by atoms with Crippen molar-refractivity contribution >= 4 is 17.3 Å². The van der Waals surface area contributed by atoms with Crippen molar-refractivity contribution in [2.45, 2.75) is 20.8 Å². The summed E-state index contributed by atoms with van der Waals surface area (Å²) in [4.78, 5) is 13.4. The fraction of sp³-hybridized carbons (Fsp3) is 0.385. The molecular formula is C13H19N3O. The van der Waals surface area contributed by atoms with Gasteiger partial charge in [-0.25, -0.2) is 0 Å².